The molecule has 2 aliphatic heterocycles. The monoisotopic (exact) mass is 318 g/mol. The van der Waals surface area contributed by atoms with Crippen molar-refractivity contribution in [2.45, 2.75) is 19.6 Å². The second-order valence-electron chi connectivity index (χ2n) is 6.62. The quantitative estimate of drug-likeness (QED) is 0.621. The van der Waals surface area contributed by atoms with E-state index in [1.807, 2.05) is 30.3 Å². The topological polar surface area (TPSA) is 63.5 Å². The van der Waals surface area contributed by atoms with Crippen molar-refractivity contribution in [2.24, 2.45) is 0 Å². The van der Waals surface area contributed by atoms with Crippen molar-refractivity contribution in [1.82, 2.24) is 4.98 Å². The molecule has 24 heavy (non-hydrogen) atoms. The van der Waals surface area contributed by atoms with Crippen LogP contribution in [-0.4, -0.2) is 16.6 Å². The first-order valence-corrected chi connectivity index (χ1v) is 8.36. The highest BCUT2D eigenvalue weighted by Gasteiger charge is 2.34. The highest BCUT2D eigenvalue weighted by atomic mass is 16.3. The van der Waals surface area contributed by atoms with Crippen LogP contribution in [0, 0.1) is 0 Å². The third-order valence-corrected chi connectivity index (χ3v) is 5.36. The molecule has 0 aliphatic carbocycles. The largest absolute Gasteiger partial charge is 0.868 e. The Kier molecular flexibility index (Phi) is 2.86. The Bertz CT molecular complexity index is 1000. The fourth-order valence-electron chi connectivity index (χ4n) is 4.28. The molecule has 3 heterocycles. The van der Waals surface area contributed by atoms with Crippen molar-refractivity contribution in [3.05, 3.63) is 70.4 Å². The predicted octanol–water partition coefficient (Wildman–Crippen LogP) is 0.801. The third-order valence-electron chi connectivity index (χ3n) is 5.36. The normalized spacial score (nSPS) is 19.1. The molecule has 1 unspecified atom stereocenters. The molecule has 0 radical (unpaired) electrons. The first-order chi connectivity index (χ1) is 11.8. The minimum absolute atomic E-state index is 0.0587. The van der Waals surface area contributed by atoms with E-state index in [9.17, 15) is 10.2 Å². The van der Waals surface area contributed by atoms with Gasteiger partial charge in [0.2, 0.25) is 0 Å². The lowest BCUT2D eigenvalue weighted by molar-refractivity contribution is -0.843. The van der Waals surface area contributed by atoms with E-state index in [0.717, 1.165) is 47.5 Å². The molecule has 0 amide bonds. The summed E-state index contributed by atoms with van der Waals surface area (Å²) in [5.41, 5.74) is 6.64. The number of aromatic nitrogens is 1. The highest BCUT2D eigenvalue weighted by molar-refractivity contribution is 5.93. The van der Waals surface area contributed by atoms with Gasteiger partial charge in [0, 0.05) is 22.9 Å². The molecule has 0 saturated heterocycles. The molecule has 0 fully saturated rings. The van der Waals surface area contributed by atoms with Gasteiger partial charge in [-0.05, 0) is 28.5 Å². The van der Waals surface area contributed by atoms with Crippen LogP contribution in [0.1, 0.15) is 27.9 Å². The minimum atomic E-state index is -0.100. The molecular weight excluding hydrogens is 300 g/mol. The van der Waals surface area contributed by atoms with Crippen molar-refractivity contribution in [3.63, 3.8) is 0 Å². The molecule has 4 heteroatoms. The molecule has 1 atom stereocenters. The molecule has 5 rings (SSSR count). The van der Waals surface area contributed by atoms with Crippen LogP contribution in [0.2, 0.25) is 0 Å². The van der Waals surface area contributed by atoms with E-state index < -0.39 is 0 Å². The van der Waals surface area contributed by atoms with E-state index in [4.69, 9.17) is 0 Å². The zero-order valence-electron chi connectivity index (χ0n) is 13.2. The number of para-hydroxylation sites is 1. The molecule has 0 bridgehead atoms. The summed E-state index contributed by atoms with van der Waals surface area (Å²) in [6, 6.07) is 14.0. The number of hydrogen-bond donors (Lipinski definition) is 3. The predicted molar refractivity (Wildman–Crippen MR) is 90.7 cm³/mol. The van der Waals surface area contributed by atoms with Gasteiger partial charge in [-0.15, -0.1) is 0 Å². The molecule has 120 valence electrons. The van der Waals surface area contributed by atoms with E-state index in [0.29, 0.717) is 5.56 Å². The van der Waals surface area contributed by atoms with Gasteiger partial charge < -0.3 is 15.2 Å². The summed E-state index contributed by atoms with van der Waals surface area (Å²) >= 11 is 0. The van der Waals surface area contributed by atoms with Crippen LogP contribution in [0.5, 0.6) is 0 Å². The molecule has 3 N–H and O–H groups in total. The minimum Gasteiger partial charge on any atom is -0.868 e. The number of fused-ring (bicyclic) bond motifs is 6. The van der Waals surface area contributed by atoms with Gasteiger partial charge in [-0.1, -0.05) is 36.4 Å². The lowest BCUT2D eigenvalue weighted by Crippen LogP contribution is -3.10. The first-order valence-electron chi connectivity index (χ1n) is 8.36. The Morgan fingerprint density at radius 3 is 2.88 bits per heavy atom. The zero-order valence-corrected chi connectivity index (χ0v) is 13.2. The van der Waals surface area contributed by atoms with E-state index in [1.165, 1.54) is 15.8 Å². The Hall–Kier alpha value is -2.56. The van der Waals surface area contributed by atoms with Gasteiger partial charge in [0.05, 0.1) is 13.2 Å². The molecule has 2 aliphatic rings. The average molecular weight is 318 g/mol. The summed E-state index contributed by atoms with van der Waals surface area (Å²) in [6.07, 6.45) is 0.973. The number of quaternary nitrogens is 1. The van der Waals surface area contributed by atoms with E-state index >= 15 is 0 Å². The number of aromatic amines is 1. The molecule has 2 aromatic carbocycles. The Labute approximate surface area is 139 Å². The van der Waals surface area contributed by atoms with Crippen molar-refractivity contribution < 1.29 is 15.1 Å². The fraction of sp³-hybridized carbons (Fsp3) is 0.200. The molecule has 1 aromatic heterocycles. The number of benzene rings is 2. The second-order valence-corrected chi connectivity index (χ2v) is 6.62. The van der Waals surface area contributed by atoms with E-state index in [2.05, 4.69) is 17.1 Å². The third kappa shape index (κ3) is 1.75. The standard InChI is InChI=1S/C20H18N2O2/c23-11-13-5-3-4-12-10-22-9-8-15-14-6-1-2-7-16(14)21-18(15)19(22)20(24)17(12)13/h1-7,21,23-24H,8-11H2. The van der Waals surface area contributed by atoms with Crippen molar-refractivity contribution >= 4 is 22.4 Å². The van der Waals surface area contributed by atoms with Crippen LogP contribution in [0.15, 0.2) is 42.5 Å². The molecular formula is C20H18N2O2. The SMILES string of the molecule is [O-]C1=C2c3[nH]c4ccccc4c3CC[NH+]2Cc2cccc(CO)c21. The van der Waals surface area contributed by atoms with Crippen LogP contribution >= 0.6 is 0 Å². The number of aliphatic hydroxyl groups is 1. The highest BCUT2D eigenvalue weighted by Crippen LogP contribution is 2.34. The fourth-order valence-corrected chi connectivity index (χ4v) is 4.28. The summed E-state index contributed by atoms with van der Waals surface area (Å²) in [4.78, 5) is 4.70. The maximum Gasteiger partial charge on any atom is 0.148 e. The van der Waals surface area contributed by atoms with Crippen LogP contribution < -0.4 is 10.0 Å². The van der Waals surface area contributed by atoms with E-state index in [1.54, 1.807) is 0 Å². The van der Waals surface area contributed by atoms with Gasteiger partial charge in [-0.2, -0.15) is 0 Å². The Balaban J connectivity index is 1.81. The van der Waals surface area contributed by atoms with Gasteiger partial charge in [-0.3, -0.25) is 4.90 Å². The lowest BCUT2D eigenvalue weighted by Gasteiger charge is -2.36. The number of aliphatic hydroxyl groups excluding tert-OH is 1. The molecule has 4 nitrogen and oxygen atoms in total. The number of hydrogen-bond acceptors (Lipinski definition) is 2. The summed E-state index contributed by atoms with van der Waals surface area (Å²) in [5, 5.41) is 24.1. The van der Waals surface area contributed by atoms with Gasteiger partial charge in [0.25, 0.3) is 0 Å². The van der Waals surface area contributed by atoms with Gasteiger partial charge in [0.1, 0.15) is 17.9 Å². The summed E-state index contributed by atoms with van der Waals surface area (Å²) in [6.45, 7) is 1.63. The number of H-pyrrole nitrogens is 1. The van der Waals surface area contributed by atoms with E-state index in [-0.39, 0.29) is 12.4 Å². The number of rotatable bonds is 1. The Morgan fingerprint density at radius 1 is 1.12 bits per heavy atom. The van der Waals surface area contributed by atoms with Gasteiger partial charge >= 0.3 is 0 Å². The lowest BCUT2D eigenvalue weighted by atomic mass is 9.90. The maximum atomic E-state index is 13.3. The average Bonchev–Trinajstić information content (AvgIpc) is 2.99. The Morgan fingerprint density at radius 2 is 2.00 bits per heavy atom. The second kappa shape index (κ2) is 4.97. The van der Waals surface area contributed by atoms with Crippen LogP contribution in [0.3, 0.4) is 0 Å². The smallest absolute Gasteiger partial charge is 0.148 e. The van der Waals surface area contributed by atoms with Crippen LogP contribution in [0.4, 0.5) is 0 Å². The van der Waals surface area contributed by atoms with Gasteiger partial charge in [0.15, 0.2) is 0 Å². The summed E-state index contributed by atoms with van der Waals surface area (Å²) in [7, 11) is 0. The zero-order chi connectivity index (χ0) is 16.3. The molecule has 0 spiro atoms. The maximum absolute atomic E-state index is 13.3. The number of nitrogens with one attached hydrogen (secondary N) is 2. The van der Waals surface area contributed by atoms with Gasteiger partial charge in [-0.25, -0.2) is 0 Å². The molecule has 0 saturated carbocycles. The first kappa shape index (κ1) is 13.8. The summed E-state index contributed by atoms with van der Waals surface area (Å²) < 4.78 is 0. The van der Waals surface area contributed by atoms with Crippen LogP contribution in [0.25, 0.3) is 22.4 Å². The van der Waals surface area contributed by atoms with Crippen LogP contribution in [-0.2, 0) is 19.6 Å². The summed E-state index contributed by atoms with van der Waals surface area (Å²) in [5.74, 6) is 0.0587. The van der Waals surface area contributed by atoms with Crippen molar-refractivity contribution in [3.8, 4) is 0 Å². The van der Waals surface area contributed by atoms with Crippen molar-refractivity contribution in [2.75, 3.05) is 6.54 Å². The molecule has 3 aromatic rings. The van der Waals surface area contributed by atoms with Crippen molar-refractivity contribution in [1.29, 1.82) is 0 Å².